The Morgan fingerprint density at radius 2 is 2.10 bits per heavy atom. The van der Waals surface area contributed by atoms with Crippen LogP contribution in [0.4, 0.5) is 0 Å². The third-order valence-corrected chi connectivity index (χ3v) is 0.898. The molecule has 0 bridgehead atoms. The van der Waals surface area contributed by atoms with Crippen LogP contribution in [0.2, 0.25) is 0 Å². The number of carbonyl (C=O) groups is 1. The van der Waals surface area contributed by atoms with Gasteiger partial charge in [0, 0.05) is 7.11 Å². The van der Waals surface area contributed by atoms with Gasteiger partial charge in [0.2, 0.25) is 12.1 Å². The average Bonchev–Trinajstić information content (AvgIpc) is 1.85. The summed E-state index contributed by atoms with van der Waals surface area (Å²) in [4.78, 5) is 10.7. The molecule has 1 unspecified atom stereocenters. The molecular weight excluding hydrogens is 132 g/mol. The summed E-state index contributed by atoms with van der Waals surface area (Å²) in [6.07, 6.45) is 0.0312. The summed E-state index contributed by atoms with van der Waals surface area (Å²) in [6.45, 7) is 3.56. The molecule has 1 N–H and O–H groups in total. The van der Waals surface area contributed by atoms with Gasteiger partial charge < -0.3 is 9.84 Å². The summed E-state index contributed by atoms with van der Waals surface area (Å²) >= 11 is 0. The molecule has 0 saturated carbocycles. The van der Waals surface area contributed by atoms with Crippen LogP contribution >= 0.6 is 0 Å². The van der Waals surface area contributed by atoms with Gasteiger partial charge in [0.25, 0.3) is 0 Å². The number of ketones is 1. The highest BCUT2D eigenvalue weighted by molar-refractivity contribution is 5.92. The Kier molecular flexibility index (Phi) is 3.91. The number of rotatable bonds is 3. The van der Waals surface area contributed by atoms with Gasteiger partial charge in [-0.25, -0.2) is 0 Å². The van der Waals surface area contributed by atoms with E-state index in [4.69, 9.17) is 5.11 Å². The number of methoxy groups -OCH3 is 1. The van der Waals surface area contributed by atoms with Crippen LogP contribution in [0, 0.1) is 0 Å². The molecule has 58 valence electrons. The van der Waals surface area contributed by atoms with E-state index in [1.54, 1.807) is 13.8 Å². The number of hydrogen-bond acceptors (Lipinski definition) is 3. The van der Waals surface area contributed by atoms with Gasteiger partial charge in [-0.1, -0.05) is 5.57 Å². The maximum atomic E-state index is 10.7. The first-order chi connectivity index (χ1) is 4.57. The van der Waals surface area contributed by atoms with Gasteiger partial charge in [-0.3, -0.25) is 4.79 Å². The van der Waals surface area contributed by atoms with Crippen molar-refractivity contribution >= 4 is 5.78 Å². The van der Waals surface area contributed by atoms with Crippen molar-refractivity contribution < 1.29 is 14.6 Å². The highest BCUT2D eigenvalue weighted by Gasteiger charge is 2.09. The second-order valence-corrected chi connectivity index (χ2v) is 2.21. The van der Waals surface area contributed by atoms with Crippen LogP contribution in [-0.4, -0.2) is 24.3 Å². The molecule has 0 aliphatic carbocycles. The fourth-order valence-electron chi connectivity index (χ4n) is 0.472. The lowest BCUT2D eigenvalue weighted by Crippen LogP contribution is -2.19. The summed E-state index contributed by atoms with van der Waals surface area (Å²) in [7, 11) is 1.28. The predicted molar refractivity (Wildman–Crippen MR) is 37.5 cm³/mol. The van der Waals surface area contributed by atoms with Crippen molar-refractivity contribution in [3.8, 4) is 0 Å². The SMILES string of the molecule is COC(O)C(=O)C=C(C)C. The largest absolute Gasteiger partial charge is 0.362 e. The van der Waals surface area contributed by atoms with E-state index in [1.807, 2.05) is 0 Å². The first kappa shape index (κ1) is 9.33. The average molecular weight is 144 g/mol. The van der Waals surface area contributed by atoms with Crippen LogP contribution < -0.4 is 0 Å². The molecule has 0 amide bonds. The minimum absolute atomic E-state index is 0.414. The minimum atomic E-state index is -1.31. The van der Waals surface area contributed by atoms with Crippen LogP contribution in [0.25, 0.3) is 0 Å². The topological polar surface area (TPSA) is 46.5 Å². The third kappa shape index (κ3) is 3.37. The zero-order valence-electron chi connectivity index (χ0n) is 6.42. The standard InChI is InChI=1S/C7H12O3/c1-5(2)4-6(8)7(9)10-3/h4,7,9H,1-3H3. The number of aliphatic hydroxyl groups is 1. The molecule has 0 aliphatic rings. The molecule has 0 fully saturated rings. The monoisotopic (exact) mass is 144 g/mol. The van der Waals surface area contributed by atoms with Gasteiger partial charge in [0.1, 0.15) is 0 Å². The maximum Gasteiger partial charge on any atom is 0.219 e. The van der Waals surface area contributed by atoms with Gasteiger partial charge in [0.05, 0.1) is 0 Å². The number of hydrogen-bond donors (Lipinski definition) is 1. The molecule has 0 aliphatic heterocycles. The fraction of sp³-hybridized carbons (Fsp3) is 0.571. The van der Waals surface area contributed by atoms with Gasteiger partial charge in [-0.2, -0.15) is 0 Å². The van der Waals surface area contributed by atoms with Crippen molar-refractivity contribution in [2.24, 2.45) is 0 Å². The Bertz CT molecular complexity index is 145. The zero-order valence-corrected chi connectivity index (χ0v) is 6.42. The highest BCUT2D eigenvalue weighted by Crippen LogP contribution is 1.93. The summed E-state index contributed by atoms with van der Waals surface area (Å²) in [5.74, 6) is -0.414. The quantitative estimate of drug-likeness (QED) is 0.463. The lowest BCUT2D eigenvalue weighted by molar-refractivity contribution is -0.144. The smallest absolute Gasteiger partial charge is 0.219 e. The third-order valence-electron chi connectivity index (χ3n) is 0.898. The fourth-order valence-corrected chi connectivity index (χ4v) is 0.472. The molecule has 0 rings (SSSR count). The highest BCUT2D eigenvalue weighted by atomic mass is 16.6. The van der Waals surface area contributed by atoms with Crippen molar-refractivity contribution in [1.29, 1.82) is 0 Å². The summed E-state index contributed by atoms with van der Waals surface area (Å²) in [6, 6.07) is 0. The van der Waals surface area contributed by atoms with Gasteiger partial charge in [-0.05, 0) is 19.9 Å². The van der Waals surface area contributed by atoms with Crippen molar-refractivity contribution in [1.82, 2.24) is 0 Å². The molecular formula is C7H12O3. The molecule has 1 atom stereocenters. The van der Waals surface area contributed by atoms with Gasteiger partial charge in [-0.15, -0.1) is 0 Å². The van der Waals surface area contributed by atoms with E-state index in [2.05, 4.69) is 4.74 Å². The molecule has 0 spiro atoms. The molecule has 0 aromatic carbocycles. The molecule has 0 saturated heterocycles. The molecule has 0 aromatic rings. The molecule has 10 heavy (non-hydrogen) atoms. The number of allylic oxidation sites excluding steroid dienone is 1. The van der Waals surface area contributed by atoms with E-state index < -0.39 is 12.1 Å². The number of ether oxygens (including phenoxy) is 1. The van der Waals surface area contributed by atoms with Crippen molar-refractivity contribution in [3.63, 3.8) is 0 Å². The van der Waals surface area contributed by atoms with Crippen LogP contribution in [-0.2, 0) is 9.53 Å². The van der Waals surface area contributed by atoms with Gasteiger partial charge >= 0.3 is 0 Å². The van der Waals surface area contributed by atoms with Crippen LogP contribution in [0.5, 0.6) is 0 Å². The molecule has 3 heteroatoms. The normalized spacial score (nSPS) is 12.4. The van der Waals surface area contributed by atoms with Crippen molar-refractivity contribution in [2.75, 3.05) is 7.11 Å². The van der Waals surface area contributed by atoms with E-state index in [-0.39, 0.29) is 0 Å². The van der Waals surface area contributed by atoms with Crippen LogP contribution in [0.3, 0.4) is 0 Å². The van der Waals surface area contributed by atoms with Gasteiger partial charge in [0.15, 0.2) is 0 Å². The number of aliphatic hydroxyl groups excluding tert-OH is 1. The number of carbonyl (C=O) groups excluding carboxylic acids is 1. The Labute approximate surface area is 60.3 Å². The molecule has 3 nitrogen and oxygen atoms in total. The Morgan fingerprint density at radius 1 is 1.60 bits per heavy atom. The Morgan fingerprint density at radius 3 is 2.40 bits per heavy atom. The van der Waals surface area contributed by atoms with E-state index in [9.17, 15) is 4.79 Å². The molecule has 0 radical (unpaired) electrons. The second-order valence-electron chi connectivity index (χ2n) is 2.21. The first-order valence-corrected chi connectivity index (χ1v) is 2.97. The second kappa shape index (κ2) is 4.19. The zero-order chi connectivity index (χ0) is 8.15. The van der Waals surface area contributed by atoms with E-state index in [0.717, 1.165) is 5.57 Å². The van der Waals surface area contributed by atoms with Crippen molar-refractivity contribution in [3.05, 3.63) is 11.6 Å². The predicted octanol–water partition coefficient (Wildman–Crippen LogP) is 0.486. The lowest BCUT2D eigenvalue weighted by atomic mass is 10.2. The maximum absolute atomic E-state index is 10.7. The van der Waals surface area contributed by atoms with Crippen LogP contribution in [0.1, 0.15) is 13.8 Å². The van der Waals surface area contributed by atoms with E-state index in [1.165, 1.54) is 13.2 Å². The van der Waals surface area contributed by atoms with Crippen LogP contribution in [0.15, 0.2) is 11.6 Å². The first-order valence-electron chi connectivity index (χ1n) is 2.97. The summed E-state index contributed by atoms with van der Waals surface area (Å²) in [5.41, 5.74) is 0.848. The van der Waals surface area contributed by atoms with E-state index in [0.29, 0.717) is 0 Å². The lowest BCUT2D eigenvalue weighted by Gasteiger charge is -2.02. The van der Waals surface area contributed by atoms with Crippen molar-refractivity contribution in [2.45, 2.75) is 20.1 Å². The Balaban J connectivity index is 3.97. The minimum Gasteiger partial charge on any atom is -0.362 e. The summed E-state index contributed by atoms with van der Waals surface area (Å²) in [5, 5.41) is 8.76. The summed E-state index contributed by atoms with van der Waals surface area (Å²) < 4.78 is 4.37. The molecule has 0 heterocycles. The van der Waals surface area contributed by atoms with E-state index >= 15 is 0 Å². The molecule has 0 aromatic heterocycles. The Hall–Kier alpha value is -0.670.